The summed E-state index contributed by atoms with van der Waals surface area (Å²) in [4.78, 5) is 32.7. The Balaban J connectivity index is 2.89. The number of rotatable bonds is 6. The van der Waals surface area contributed by atoms with E-state index in [-0.39, 0.29) is 23.1 Å². The van der Waals surface area contributed by atoms with Gasteiger partial charge in [0.05, 0.1) is 12.0 Å². The quantitative estimate of drug-likeness (QED) is 0.481. The number of methoxy groups -OCH3 is 1. The van der Waals surface area contributed by atoms with Crippen molar-refractivity contribution in [3.63, 3.8) is 0 Å². The van der Waals surface area contributed by atoms with E-state index in [4.69, 9.17) is 16.3 Å². The summed E-state index contributed by atoms with van der Waals surface area (Å²) in [6.45, 7) is 0.894. The van der Waals surface area contributed by atoms with Crippen LogP contribution in [0.15, 0.2) is 18.2 Å². The molecule has 1 aromatic rings. The highest BCUT2D eigenvalue weighted by Gasteiger charge is 2.23. The van der Waals surface area contributed by atoms with Gasteiger partial charge in [0.15, 0.2) is 11.8 Å². The molecular weight excluding hydrogens is 304 g/mol. The molecule has 9 heteroatoms. The molecule has 0 bridgehead atoms. The molecule has 0 fully saturated rings. The number of benzene rings is 1. The number of esters is 1. The summed E-state index contributed by atoms with van der Waals surface area (Å²) in [6.07, 6.45) is 0. The van der Waals surface area contributed by atoms with Crippen LogP contribution in [0.5, 0.6) is 5.75 Å². The lowest BCUT2D eigenvalue weighted by molar-refractivity contribution is -0.385. The molecule has 1 unspecified atom stereocenters. The molecule has 114 valence electrons. The third kappa shape index (κ3) is 4.92. The third-order valence-corrected chi connectivity index (χ3v) is 2.62. The van der Waals surface area contributed by atoms with Crippen molar-refractivity contribution in [3.8, 4) is 5.75 Å². The van der Waals surface area contributed by atoms with Crippen LogP contribution in [0.1, 0.15) is 6.92 Å². The zero-order chi connectivity index (χ0) is 16.0. The summed E-state index contributed by atoms with van der Waals surface area (Å²) in [5.41, 5.74) is -0.300. The number of nitro benzene ring substituents is 1. The van der Waals surface area contributed by atoms with E-state index in [1.54, 1.807) is 0 Å². The van der Waals surface area contributed by atoms with E-state index in [9.17, 15) is 19.7 Å². The fourth-order valence-electron chi connectivity index (χ4n) is 1.48. The Kier molecular flexibility index (Phi) is 5.92. The molecule has 0 radical (unpaired) electrons. The molecule has 1 aromatic carbocycles. The first kappa shape index (κ1) is 16.7. The first-order valence-electron chi connectivity index (χ1n) is 5.76. The second-order valence-corrected chi connectivity index (χ2v) is 4.39. The first-order valence-corrected chi connectivity index (χ1v) is 6.14. The summed E-state index contributed by atoms with van der Waals surface area (Å²) in [5, 5.41) is 13.4. The van der Waals surface area contributed by atoms with Gasteiger partial charge in [-0.3, -0.25) is 14.9 Å². The number of nitrogens with one attached hydrogen (secondary N) is 1. The predicted octanol–water partition coefficient (Wildman–Crippen LogP) is 1.30. The van der Waals surface area contributed by atoms with Gasteiger partial charge in [-0.15, -0.1) is 0 Å². The lowest BCUT2D eigenvalue weighted by atomic mass is 10.3. The standard InChI is InChI=1S/C12H13ClN2O6/c1-7(16)14-9(12(17)20-2)6-21-11-5-8(13)3-4-10(11)15(18)19/h3-5,9H,6H2,1-2H3,(H,14,16). The molecule has 0 aliphatic rings. The van der Waals surface area contributed by atoms with E-state index in [0.717, 1.165) is 7.11 Å². The second kappa shape index (κ2) is 7.44. The molecule has 21 heavy (non-hydrogen) atoms. The summed E-state index contributed by atoms with van der Waals surface area (Å²) in [7, 11) is 1.15. The van der Waals surface area contributed by atoms with Crippen molar-refractivity contribution in [2.45, 2.75) is 13.0 Å². The number of carbonyl (C=O) groups excluding carboxylic acids is 2. The average Bonchev–Trinajstić information content (AvgIpc) is 2.41. The Morgan fingerprint density at radius 2 is 2.14 bits per heavy atom. The summed E-state index contributed by atoms with van der Waals surface area (Å²) in [5.74, 6) is -1.30. The van der Waals surface area contributed by atoms with E-state index >= 15 is 0 Å². The van der Waals surface area contributed by atoms with Crippen molar-refractivity contribution in [1.82, 2.24) is 5.32 Å². The maximum absolute atomic E-state index is 11.5. The molecule has 1 atom stereocenters. The highest BCUT2D eigenvalue weighted by molar-refractivity contribution is 6.30. The number of hydrogen-bond acceptors (Lipinski definition) is 6. The van der Waals surface area contributed by atoms with Crippen molar-refractivity contribution in [2.75, 3.05) is 13.7 Å². The molecule has 0 saturated carbocycles. The minimum Gasteiger partial charge on any atom is -0.484 e. The molecule has 8 nitrogen and oxygen atoms in total. The third-order valence-electron chi connectivity index (χ3n) is 2.39. The number of nitro groups is 1. The Labute approximate surface area is 125 Å². The predicted molar refractivity (Wildman–Crippen MR) is 73.2 cm³/mol. The van der Waals surface area contributed by atoms with Crippen molar-refractivity contribution in [1.29, 1.82) is 0 Å². The Hall–Kier alpha value is -2.35. The van der Waals surface area contributed by atoms with Gasteiger partial charge in [-0.25, -0.2) is 4.79 Å². The number of amides is 1. The van der Waals surface area contributed by atoms with Crippen LogP contribution >= 0.6 is 11.6 Å². The van der Waals surface area contributed by atoms with Crippen LogP contribution in [0.4, 0.5) is 5.69 Å². The molecule has 1 amide bonds. The van der Waals surface area contributed by atoms with Gasteiger partial charge in [-0.1, -0.05) is 11.6 Å². The van der Waals surface area contributed by atoms with Gasteiger partial charge in [-0.05, 0) is 6.07 Å². The van der Waals surface area contributed by atoms with Gasteiger partial charge < -0.3 is 14.8 Å². The van der Waals surface area contributed by atoms with Crippen LogP contribution in [0.25, 0.3) is 0 Å². The Morgan fingerprint density at radius 3 is 2.67 bits per heavy atom. The minimum atomic E-state index is -1.08. The van der Waals surface area contributed by atoms with Crippen LogP contribution in [0, 0.1) is 10.1 Å². The molecule has 0 aliphatic carbocycles. The van der Waals surface area contributed by atoms with Gasteiger partial charge in [0.2, 0.25) is 5.91 Å². The smallest absolute Gasteiger partial charge is 0.331 e. The van der Waals surface area contributed by atoms with Gasteiger partial charge in [0.25, 0.3) is 0 Å². The van der Waals surface area contributed by atoms with Crippen LogP contribution in [0.2, 0.25) is 5.02 Å². The van der Waals surface area contributed by atoms with E-state index < -0.39 is 22.8 Å². The lowest BCUT2D eigenvalue weighted by Crippen LogP contribution is -2.44. The summed E-state index contributed by atoms with van der Waals surface area (Å²) < 4.78 is 9.73. The van der Waals surface area contributed by atoms with Crippen molar-refractivity contribution < 1.29 is 24.0 Å². The summed E-state index contributed by atoms with van der Waals surface area (Å²) in [6, 6.07) is 2.70. The van der Waals surface area contributed by atoms with E-state index in [1.807, 2.05) is 0 Å². The number of nitrogens with zero attached hydrogens (tertiary/aromatic N) is 1. The zero-order valence-corrected chi connectivity index (χ0v) is 12.0. The van der Waals surface area contributed by atoms with E-state index in [2.05, 4.69) is 10.1 Å². The van der Waals surface area contributed by atoms with Crippen molar-refractivity contribution in [2.24, 2.45) is 0 Å². The molecule has 0 aromatic heterocycles. The molecule has 0 heterocycles. The molecule has 0 saturated heterocycles. The monoisotopic (exact) mass is 316 g/mol. The Bertz CT molecular complexity index is 563. The first-order chi connectivity index (χ1) is 9.85. The average molecular weight is 317 g/mol. The molecule has 0 spiro atoms. The van der Waals surface area contributed by atoms with Crippen LogP contribution in [0.3, 0.4) is 0 Å². The molecular formula is C12H13ClN2O6. The van der Waals surface area contributed by atoms with Crippen LogP contribution in [-0.4, -0.2) is 36.6 Å². The maximum atomic E-state index is 11.5. The minimum absolute atomic E-state index is 0.105. The molecule has 1 N–H and O–H groups in total. The number of hydrogen-bond donors (Lipinski definition) is 1. The van der Waals surface area contributed by atoms with Gasteiger partial charge in [-0.2, -0.15) is 0 Å². The Morgan fingerprint density at radius 1 is 1.48 bits per heavy atom. The SMILES string of the molecule is COC(=O)C(COc1cc(Cl)ccc1[N+](=O)[O-])NC(C)=O. The number of ether oxygens (including phenoxy) is 2. The van der Waals surface area contributed by atoms with Gasteiger partial charge in [0, 0.05) is 24.1 Å². The highest BCUT2D eigenvalue weighted by atomic mass is 35.5. The van der Waals surface area contributed by atoms with Crippen LogP contribution < -0.4 is 10.1 Å². The fourth-order valence-corrected chi connectivity index (χ4v) is 1.65. The van der Waals surface area contributed by atoms with Crippen molar-refractivity contribution >= 4 is 29.2 Å². The normalized spacial score (nSPS) is 11.4. The lowest BCUT2D eigenvalue weighted by Gasteiger charge is -2.16. The summed E-state index contributed by atoms with van der Waals surface area (Å²) >= 11 is 5.75. The zero-order valence-electron chi connectivity index (χ0n) is 11.3. The van der Waals surface area contributed by atoms with E-state index in [1.165, 1.54) is 25.1 Å². The number of halogens is 1. The maximum Gasteiger partial charge on any atom is 0.331 e. The van der Waals surface area contributed by atoms with Gasteiger partial charge >= 0.3 is 11.7 Å². The largest absolute Gasteiger partial charge is 0.484 e. The van der Waals surface area contributed by atoms with E-state index in [0.29, 0.717) is 0 Å². The van der Waals surface area contributed by atoms with Crippen LogP contribution in [-0.2, 0) is 14.3 Å². The molecule has 0 aliphatic heterocycles. The van der Waals surface area contributed by atoms with Crippen molar-refractivity contribution in [3.05, 3.63) is 33.3 Å². The fraction of sp³-hybridized carbons (Fsp3) is 0.333. The second-order valence-electron chi connectivity index (χ2n) is 3.96. The molecule has 1 rings (SSSR count). The number of carbonyl (C=O) groups is 2. The topological polar surface area (TPSA) is 108 Å². The highest BCUT2D eigenvalue weighted by Crippen LogP contribution is 2.29. The van der Waals surface area contributed by atoms with Gasteiger partial charge in [0.1, 0.15) is 6.61 Å².